The van der Waals surface area contributed by atoms with E-state index < -0.39 is 0 Å². The van der Waals surface area contributed by atoms with Crippen molar-refractivity contribution < 1.29 is 9.53 Å². The molecule has 1 aliphatic rings. The van der Waals surface area contributed by atoms with Gasteiger partial charge in [0.15, 0.2) is 0 Å². The molecule has 0 amide bonds. The van der Waals surface area contributed by atoms with E-state index in [0.717, 1.165) is 24.9 Å². The number of hydrogen-bond donors (Lipinski definition) is 0. The van der Waals surface area contributed by atoms with Crippen molar-refractivity contribution in [3.63, 3.8) is 0 Å². The van der Waals surface area contributed by atoms with Crippen LogP contribution in [0, 0.1) is 5.92 Å². The highest BCUT2D eigenvalue weighted by molar-refractivity contribution is 5.76. The lowest BCUT2D eigenvalue weighted by atomic mass is 10.1. The van der Waals surface area contributed by atoms with Gasteiger partial charge >= 0.3 is 5.97 Å². The number of esters is 1. The van der Waals surface area contributed by atoms with Gasteiger partial charge in [0.05, 0.1) is 13.3 Å². The molecule has 0 bridgehead atoms. The van der Waals surface area contributed by atoms with Crippen molar-refractivity contribution >= 4 is 5.97 Å². The summed E-state index contributed by atoms with van der Waals surface area (Å²) < 4.78 is 6.65. The molecule has 0 saturated heterocycles. The summed E-state index contributed by atoms with van der Waals surface area (Å²) in [5.74, 6) is 0.336. The molecule has 1 heterocycles. The van der Waals surface area contributed by atoms with Gasteiger partial charge in [0.1, 0.15) is 6.04 Å². The molecule has 94 valence electrons. The van der Waals surface area contributed by atoms with Crippen LogP contribution in [0.2, 0.25) is 0 Å². The average Bonchev–Trinajstić information content (AvgIpc) is 3.03. The maximum atomic E-state index is 11.7. The molecule has 1 aromatic rings. The lowest BCUT2D eigenvalue weighted by molar-refractivity contribution is -0.147. The molecule has 0 N–H and O–H groups in total. The van der Waals surface area contributed by atoms with Crippen LogP contribution in [0.4, 0.5) is 0 Å². The molecule has 1 aromatic heterocycles. The lowest BCUT2D eigenvalue weighted by Gasteiger charge is -2.25. The van der Waals surface area contributed by atoms with Crippen molar-refractivity contribution in [2.75, 3.05) is 14.2 Å². The first-order chi connectivity index (χ1) is 8.11. The molecule has 5 nitrogen and oxygen atoms in total. The number of hydrogen-bond acceptors (Lipinski definition) is 4. The van der Waals surface area contributed by atoms with Gasteiger partial charge in [0.2, 0.25) is 0 Å². The monoisotopic (exact) mass is 237 g/mol. The van der Waals surface area contributed by atoms with Gasteiger partial charge in [-0.15, -0.1) is 0 Å². The van der Waals surface area contributed by atoms with Crippen LogP contribution in [-0.2, 0) is 23.1 Å². The van der Waals surface area contributed by atoms with E-state index in [1.807, 2.05) is 26.5 Å². The Balaban J connectivity index is 2.01. The number of methoxy groups -OCH3 is 1. The predicted octanol–water partition coefficient (Wildman–Crippen LogP) is 0.803. The fourth-order valence-electron chi connectivity index (χ4n) is 2.20. The summed E-state index contributed by atoms with van der Waals surface area (Å²) in [6.07, 6.45) is 6.05. The SMILES string of the molecule is COC(=O)C(C1CC1)N(C)Cc1cnn(C)c1. The van der Waals surface area contributed by atoms with Gasteiger partial charge in [0, 0.05) is 25.4 Å². The largest absolute Gasteiger partial charge is 0.468 e. The molecule has 1 atom stereocenters. The zero-order valence-corrected chi connectivity index (χ0v) is 10.6. The van der Waals surface area contributed by atoms with Crippen LogP contribution in [0.25, 0.3) is 0 Å². The van der Waals surface area contributed by atoms with E-state index in [9.17, 15) is 4.79 Å². The Morgan fingerprint density at radius 2 is 2.41 bits per heavy atom. The van der Waals surface area contributed by atoms with E-state index >= 15 is 0 Å². The first kappa shape index (κ1) is 12.1. The smallest absolute Gasteiger partial charge is 0.323 e. The molecule has 1 unspecified atom stereocenters. The van der Waals surface area contributed by atoms with Crippen molar-refractivity contribution in [3.05, 3.63) is 18.0 Å². The summed E-state index contributed by atoms with van der Waals surface area (Å²) in [5, 5.41) is 4.13. The van der Waals surface area contributed by atoms with E-state index in [0.29, 0.717) is 5.92 Å². The molecule has 0 spiro atoms. The highest BCUT2D eigenvalue weighted by Gasteiger charge is 2.39. The van der Waals surface area contributed by atoms with Gasteiger partial charge in [-0.25, -0.2) is 0 Å². The molecule has 2 rings (SSSR count). The number of aromatic nitrogens is 2. The van der Waals surface area contributed by atoms with E-state index in [1.165, 1.54) is 7.11 Å². The number of likely N-dealkylation sites (N-methyl/N-ethyl adjacent to an activating group) is 1. The summed E-state index contributed by atoms with van der Waals surface area (Å²) in [6, 6.07) is -0.111. The maximum Gasteiger partial charge on any atom is 0.323 e. The van der Waals surface area contributed by atoms with Crippen molar-refractivity contribution in [2.45, 2.75) is 25.4 Å². The average molecular weight is 237 g/mol. The summed E-state index contributed by atoms with van der Waals surface area (Å²) >= 11 is 0. The number of aryl methyl sites for hydroxylation is 1. The number of carbonyl (C=O) groups excluding carboxylic acids is 1. The molecule has 1 fully saturated rings. The molecule has 0 aromatic carbocycles. The number of ether oxygens (including phenoxy) is 1. The predicted molar refractivity (Wildman–Crippen MR) is 63.2 cm³/mol. The minimum absolute atomic E-state index is 0.111. The molecular weight excluding hydrogens is 218 g/mol. The molecule has 0 aliphatic heterocycles. The maximum absolute atomic E-state index is 11.7. The van der Waals surface area contributed by atoms with Crippen LogP contribution < -0.4 is 0 Å². The van der Waals surface area contributed by atoms with Crippen LogP contribution in [-0.4, -0.2) is 40.8 Å². The third kappa shape index (κ3) is 2.85. The van der Waals surface area contributed by atoms with Gasteiger partial charge in [0.25, 0.3) is 0 Å². The fourth-order valence-corrected chi connectivity index (χ4v) is 2.20. The Labute approximate surface area is 101 Å². The van der Waals surface area contributed by atoms with Crippen LogP contribution >= 0.6 is 0 Å². The third-order valence-electron chi connectivity index (χ3n) is 3.18. The van der Waals surface area contributed by atoms with Gasteiger partial charge in [-0.05, 0) is 25.8 Å². The number of carbonyl (C=O) groups is 1. The molecule has 0 radical (unpaired) electrons. The van der Waals surface area contributed by atoms with E-state index in [-0.39, 0.29) is 12.0 Å². The van der Waals surface area contributed by atoms with Gasteiger partial charge in [-0.2, -0.15) is 5.10 Å². The van der Waals surface area contributed by atoms with Crippen molar-refractivity contribution in [3.8, 4) is 0 Å². The van der Waals surface area contributed by atoms with Gasteiger partial charge in [-0.1, -0.05) is 0 Å². The zero-order valence-electron chi connectivity index (χ0n) is 10.6. The first-order valence-electron chi connectivity index (χ1n) is 5.87. The minimum atomic E-state index is -0.126. The highest BCUT2D eigenvalue weighted by atomic mass is 16.5. The van der Waals surface area contributed by atoms with E-state index in [2.05, 4.69) is 10.00 Å². The van der Waals surface area contributed by atoms with Crippen LogP contribution in [0.15, 0.2) is 12.4 Å². The summed E-state index contributed by atoms with van der Waals surface area (Å²) in [5.41, 5.74) is 1.12. The van der Waals surface area contributed by atoms with Gasteiger partial charge < -0.3 is 4.74 Å². The number of nitrogens with zero attached hydrogens (tertiary/aromatic N) is 3. The molecule has 1 aliphatic carbocycles. The Morgan fingerprint density at radius 1 is 1.71 bits per heavy atom. The molecule has 17 heavy (non-hydrogen) atoms. The molecule has 1 saturated carbocycles. The normalized spacial score (nSPS) is 17.2. The Bertz CT molecular complexity index is 398. The second kappa shape index (κ2) is 4.87. The van der Waals surface area contributed by atoms with Gasteiger partial charge in [-0.3, -0.25) is 14.4 Å². The molecular formula is C12H19N3O2. The van der Waals surface area contributed by atoms with Crippen molar-refractivity contribution in [2.24, 2.45) is 13.0 Å². The Kier molecular flexibility index (Phi) is 3.47. The number of rotatable bonds is 5. The third-order valence-corrected chi connectivity index (χ3v) is 3.18. The molecule has 5 heteroatoms. The van der Waals surface area contributed by atoms with Crippen molar-refractivity contribution in [1.29, 1.82) is 0 Å². The van der Waals surface area contributed by atoms with E-state index in [1.54, 1.807) is 4.68 Å². The second-order valence-electron chi connectivity index (χ2n) is 4.74. The first-order valence-corrected chi connectivity index (χ1v) is 5.87. The summed E-state index contributed by atoms with van der Waals surface area (Å²) in [7, 11) is 5.31. The fraction of sp³-hybridized carbons (Fsp3) is 0.667. The summed E-state index contributed by atoms with van der Waals surface area (Å²) in [6.45, 7) is 0.726. The van der Waals surface area contributed by atoms with E-state index in [4.69, 9.17) is 4.74 Å². The minimum Gasteiger partial charge on any atom is -0.468 e. The highest BCUT2D eigenvalue weighted by Crippen LogP contribution is 2.35. The van der Waals surface area contributed by atoms with Crippen LogP contribution in [0.1, 0.15) is 18.4 Å². The van der Waals surface area contributed by atoms with Crippen molar-refractivity contribution in [1.82, 2.24) is 14.7 Å². The zero-order chi connectivity index (χ0) is 12.4. The van der Waals surface area contributed by atoms with Crippen LogP contribution in [0.5, 0.6) is 0 Å². The Hall–Kier alpha value is -1.36. The lowest BCUT2D eigenvalue weighted by Crippen LogP contribution is -2.40. The topological polar surface area (TPSA) is 47.4 Å². The standard InChI is InChI=1S/C12H19N3O2/c1-14(7-9-6-13-15(2)8-9)11(10-4-5-10)12(16)17-3/h6,8,10-11H,4-5,7H2,1-3H3. The van der Waals surface area contributed by atoms with Crippen LogP contribution in [0.3, 0.4) is 0 Å². The summed E-state index contributed by atoms with van der Waals surface area (Å²) in [4.78, 5) is 13.8. The quantitative estimate of drug-likeness (QED) is 0.711. The second-order valence-corrected chi connectivity index (χ2v) is 4.74. The Morgan fingerprint density at radius 3 is 2.88 bits per heavy atom.